The van der Waals surface area contributed by atoms with Gasteiger partial charge in [-0.2, -0.15) is 18.3 Å². The predicted octanol–water partition coefficient (Wildman–Crippen LogP) is 5.26. The lowest BCUT2D eigenvalue weighted by molar-refractivity contribution is -0.137. The van der Waals surface area contributed by atoms with E-state index in [-0.39, 0.29) is 5.56 Å². The minimum absolute atomic E-state index is 0.0938. The number of rotatable bonds is 4. The SMILES string of the molecule is Cc1ccc(NC(=O)c2cccc(C(F)(F)F)c2)cc1-c1ccc2c(C(C)O)[nH]nc2n1. The smallest absolute Gasteiger partial charge is 0.387 e. The van der Waals surface area contributed by atoms with E-state index in [1.807, 2.05) is 6.92 Å². The maximum atomic E-state index is 12.9. The number of aliphatic hydroxyl groups is 1. The summed E-state index contributed by atoms with van der Waals surface area (Å²) >= 11 is 0. The molecule has 0 aliphatic heterocycles. The quantitative estimate of drug-likeness (QED) is 0.404. The Bertz CT molecular complexity index is 1310. The Kier molecular flexibility index (Phi) is 5.43. The fourth-order valence-electron chi connectivity index (χ4n) is 3.40. The third-order valence-electron chi connectivity index (χ3n) is 5.09. The molecule has 0 spiro atoms. The van der Waals surface area contributed by atoms with Crippen molar-refractivity contribution in [3.63, 3.8) is 0 Å². The van der Waals surface area contributed by atoms with Crippen molar-refractivity contribution in [3.8, 4) is 11.3 Å². The van der Waals surface area contributed by atoms with E-state index >= 15 is 0 Å². The number of H-pyrrole nitrogens is 1. The van der Waals surface area contributed by atoms with Crippen molar-refractivity contribution in [2.24, 2.45) is 0 Å². The summed E-state index contributed by atoms with van der Waals surface area (Å²) in [7, 11) is 0. The summed E-state index contributed by atoms with van der Waals surface area (Å²) in [5.41, 5.74) is 2.67. The molecule has 0 fully saturated rings. The van der Waals surface area contributed by atoms with Gasteiger partial charge in [0.05, 0.1) is 23.1 Å². The highest BCUT2D eigenvalue weighted by Crippen LogP contribution is 2.31. The van der Waals surface area contributed by atoms with Crippen LogP contribution in [-0.2, 0) is 6.18 Å². The van der Waals surface area contributed by atoms with E-state index in [2.05, 4.69) is 20.5 Å². The molecule has 32 heavy (non-hydrogen) atoms. The van der Waals surface area contributed by atoms with Gasteiger partial charge in [0.15, 0.2) is 5.65 Å². The number of pyridine rings is 1. The van der Waals surface area contributed by atoms with Crippen molar-refractivity contribution < 1.29 is 23.1 Å². The molecule has 0 bridgehead atoms. The number of benzene rings is 2. The Labute approximate surface area is 181 Å². The van der Waals surface area contributed by atoms with Crippen LogP contribution in [0.2, 0.25) is 0 Å². The van der Waals surface area contributed by atoms with E-state index in [9.17, 15) is 23.1 Å². The van der Waals surface area contributed by atoms with Crippen LogP contribution in [0.1, 0.15) is 40.2 Å². The van der Waals surface area contributed by atoms with Gasteiger partial charge in [-0.05, 0) is 61.9 Å². The number of aryl methyl sites for hydroxylation is 1. The number of alkyl halides is 3. The molecule has 6 nitrogen and oxygen atoms in total. The first kappa shape index (κ1) is 21.5. The topological polar surface area (TPSA) is 90.9 Å². The van der Waals surface area contributed by atoms with Crippen molar-refractivity contribution in [1.82, 2.24) is 15.2 Å². The number of aliphatic hydroxyl groups excluding tert-OH is 1. The summed E-state index contributed by atoms with van der Waals surface area (Å²) in [4.78, 5) is 17.1. The molecular weight excluding hydrogens is 421 g/mol. The number of carbonyl (C=O) groups excluding carboxylic acids is 1. The summed E-state index contributed by atoms with van der Waals surface area (Å²) in [5.74, 6) is -0.650. The maximum absolute atomic E-state index is 12.9. The van der Waals surface area contributed by atoms with E-state index in [1.165, 1.54) is 12.1 Å². The summed E-state index contributed by atoms with van der Waals surface area (Å²) < 4.78 is 38.8. The highest BCUT2D eigenvalue weighted by atomic mass is 19.4. The van der Waals surface area contributed by atoms with Crippen molar-refractivity contribution in [1.29, 1.82) is 0 Å². The minimum atomic E-state index is -4.53. The molecule has 3 N–H and O–H groups in total. The molecule has 1 unspecified atom stereocenters. The molecule has 0 saturated heterocycles. The second kappa shape index (κ2) is 8.08. The molecule has 0 radical (unpaired) electrons. The van der Waals surface area contributed by atoms with Crippen LogP contribution in [0.4, 0.5) is 18.9 Å². The Morgan fingerprint density at radius 1 is 1.12 bits per heavy atom. The molecule has 2 aromatic heterocycles. The zero-order valence-electron chi connectivity index (χ0n) is 17.2. The first-order chi connectivity index (χ1) is 15.1. The number of aromatic amines is 1. The summed E-state index contributed by atoms with van der Waals surface area (Å²) in [6, 6.07) is 13.0. The zero-order valence-corrected chi connectivity index (χ0v) is 17.2. The third-order valence-corrected chi connectivity index (χ3v) is 5.09. The van der Waals surface area contributed by atoms with Crippen molar-refractivity contribution in [2.45, 2.75) is 26.1 Å². The lowest BCUT2D eigenvalue weighted by Crippen LogP contribution is -2.14. The number of amides is 1. The van der Waals surface area contributed by atoms with Crippen LogP contribution < -0.4 is 5.32 Å². The molecule has 4 aromatic rings. The molecule has 4 rings (SSSR count). The van der Waals surface area contributed by atoms with Crippen molar-refractivity contribution in [3.05, 3.63) is 77.0 Å². The van der Waals surface area contributed by atoms with Crippen LogP contribution in [-0.4, -0.2) is 26.2 Å². The second-order valence-corrected chi connectivity index (χ2v) is 7.44. The van der Waals surface area contributed by atoms with Gasteiger partial charge in [-0.25, -0.2) is 4.98 Å². The van der Waals surface area contributed by atoms with E-state index in [0.717, 1.165) is 23.3 Å². The van der Waals surface area contributed by atoms with E-state index in [1.54, 1.807) is 37.3 Å². The molecular formula is C23H19F3N4O2. The summed E-state index contributed by atoms with van der Waals surface area (Å²) in [5, 5.41) is 20.1. The van der Waals surface area contributed by atoms with Crippen LogP contribution in [0.25, 0.3) is 22.3 Å². The van der Waals surface area contributed by atoms with Crippen molar-refractivity contribution in [2.75, 3.05) is 5.32 Å². The molecule has 0 saturated carbocycles. The lowest BCUT2D eigenvalue weighted by Gasteiger charge is -2.12. The Balaban J connectivity index is 1.63. The maximum Gasteiger partial charge on any atom is 0.416 e. The lowest BCUT2D eigenvalue weighted by atomic mass is 10.0. The molecule has 164 valence electrons. The average Bonchev–Trinajstić information content (AvgIpc) is 3.18. The average molecular weight is 440 g/mol. The van der Waals surface area contributed by atoms with Crippen LogP contribution in [0, 0.1) is 6.92 Å². The first-order valence-electron chi connectivity index (χ1n) is 9.76. The zero-order chi connectivity index (χ0) is 23.0. The Morgan fingerprint density at radius 3 is 2.62 bits per heavy atom. The largest absolute Gasteiger partial charge is 0.416 e. The normalized spacial score (nSPS) is 12.7. The second-order valence-electron chi connectivity index (χ2n) is 7.44. The Morgan fingerprint density at radius 2 is 1.91 bits per heavy atom. The summed E-state index contributed by atoms with van der Waals surface area (Å²) in [6.45, 7) is 3.51. The van der Waals surface area contributed by atoms with E-state index in [0.29, 0.717) is 28.1 Å². The molecule has 1 atom stereocenters. The molecule has 9 heteroatoms. The standard InChI is InChI=1S/C23H19F3N4O2/c1-12-6-7-16(27-22(32)14-4-3-5-15(10-14)23(24,25)26)11-18(12)19-9-8-17-20(13(2)31)29-30-21(17)28-19/h3-11,13,31H,1-2H3,(H,27,32)(H,28,29,30). The number of anilines is 1. The Hall–Kier alpha value is -3.72. The van der Waals surface area contributed by atoms with Gasteiger partial charge < -0.3 is 10.4 Å². The monoisotopic (exact) mass is 440 g/mol. The van der Waals surface area contributed by atoms with Gasteiger partial charge in [-0.3, -0.25) is 9.89 Å². The van der Waals surface area contributed by atoms with Gasteiger partial charge >= 0.3 is 6.18 Å². The number of aromatic nitrogens is 3. The van der Waals surface area contributed by atoms with Crippen LogP contribution in [0.15, 0.2) is 54.6 Å². The molecule has 0 aliphatic rings. The van der Waals surface area contributed by atoms with Gasteiger partial charge in [0, 0.05) is 22.2 Å². The fourth-order valence-corrected chi connectivity index (χ4v) is 3.40. The number of fused-ring (bicyclic) bond motifs is 1. The fraction of sp³-hybridized carbons (Fsp3) is 0.174. The van der Waals surface area contributed by atoms with E-state index < -0.39 is 23.8 Å². The molecule has 2 heterocycles. The molecule has 0 aliphatic carbocycles. The highest BCUT2D eigenvalue weighted by Gasteiger charge is 2.30. The van der Waals surface area contributed by atoms with Gasteiger partial charge in [-0.15, -0.1) is 0 Å². The van der Waals surface area contributed by atoms with Crippen LogP contribution >= 0.6 is 0 Å². The third kappa shape index (κ3) is 4.19. The van der Waals surface area contributed by atoms with Gasteiger partial charge in [-0.1, -0.05) is 12.1 Å². The highest BCUT2D eigenvalue weighted by molar-refractivity contribution is 6.04. The van der Waals surface area contributed by atoms with Crippen LogP contribution in [0.5, 0.6) is 0 Å². The number of hydrogen-bond acceptors (Lipinski definition) is 4. The molecule has 1 amide bonds. The van der Waals surface area contributed by atoms with Gasteiger partial charge in [0.25, 0.3) is 5.91 Å². The number of nitrogens with one attached hydrogen (secondary N) is 2. The first-order valence-corrected chi connectivity index (χ1v) is 9.76. The van der Waals surface area contributed by atoms with Crippen molar-refractivity contribution >= 4 is 22.6 Å². The minimum Gasteiger partial charge on any atom is -0.387 e. The number of halogens is 3. The van der Waals surface area contributed by atoms with Gasteiger partial charge in [0.2, 0.25) is 0 Å². The predicted molar refractivity (Wildman–Crippen MR) is 114 cm³/mol. The van der Waals surface area contributed by atoms with Gasteiger partial charge in [0.1, 0.15) is 0 Å². The number of nitrogens with zero attached hydrogens (tertiary/aromatic N) is 2. The van der Waals surface area contributed by atoms with E-state index in [4.69, 9.17) is 0 Å². The number of hydrogen-bond donors (Lipinski definition) is 3. The number of carbonyl (C=O) groups is 1. The summed E-state index contributed by atoms with van der Waals surface area (Å²) in [6.07, 6.45) is -5.25. The molecule has 2 aromatic carbocycles. The van der Waals surface area contributed by atoms with Crippen LogP contribution in [0.3, 0.4) is 0 Å².